The molecule has 1 aromatic heterocycles. The van der Waals surface area contributed by atoms with Crippen LogP contribution in [0.5, 0.6) is 0 Å². The van der Waals surface area contributed by atoms with Crippen molar-refractivity contribution in [1.82, 2.24) is 4.57 Å². The molecule has 0 spiro atoms. The lowest BCUT2D eigenvalue weighted by Gasteiger charge is -2.20. The largest absolute Gasteiger partial charge is 0.481 e. The first-order valence-corrected chi connectivity index (χ1v) is 5.72. The van der Waals surface area contributed by atoms with E-state index in [-0.39, 0.29) is 0 Å². The standard InChI is InChI=1S/C14H15NO3/c1-14(2,13(17)18)9-15-7-6-10-4-3-5-11(8-16)12(10)15/h3-8H,9H2,1-2H3,(H,17,18). The molecule has 2 rings (SSSR count). The molecule has 4 heteroatoms. The number of carbonyl (C=O) groups excluding carboxylic acids is 1. The lowest BCUT2D eigenvalue weighted by Crippen LogP contribution is -2.28. The third-order valence-electron chi connectivity index (χ3n) is 3.09. The molecule has 0 unspecified atom stereocenters. The van der Waals surface area contributed by atoms with Crippen molar-refractivity contribution in [2.45, 2.75) is 20.4 Å². The Balaban J connectivity index is 2.52. The molecule has 0 aliphatic carbocycles. The topological polar surface area (TPSA) is 59.3 Å². The van der Waals surface area contributed by atoms with Gasteiger partial charge in [-0.1, -0.05) is 12.1 Å². The van der Waals surface area contributed by atoms with E-state index in [1.54, 1.807) is 19.9 Å². The molecular formula is C14H15NO3. The molecule has 0 aliphatic rings. The fourth-order valence-electron chi connectivity index (χ4n) is 2.01. The number of rotatable bonds is 4. The lowest BCUT2D eigenvalue weighted by molar-refractivity contribution is -0.147. The quantitative estimate of drug-likeness (QED) is 0.842. The van der Waals surface area contributed by atoms with Gasteiger partial charge in [0.15, 0.2) is 6.29 Å². The number of aromatic nitrogens is 1. The van der Waals surface area contributed by atoms with Gasteiger partial charge in [0.1, 0.15) is 0 Å². The molecule has 0 aliphatic heterocycles. The Hall–Kier alpha value is -2.10. The first-order chi connectivity index (χ1) is 8.45. The van der Waals surface area contributed by atoms with Gasteiger partial charge in [-0.15, -0.1) is 0 Å². The maximum atomic E-state index is 11.2. The number of para-hydroxylation sites is 1. The third kappa shape index (κ3) is 2.01. The van der Waals surface area contributed by atoms with Gasteiger partial charge in [0, 0.05) is 23.7 Å². The van der Waals surface area contributed by atoms with Crippen LogP contribution in [0.25, 0.3) is 10.9 Å². The summed E-state index contributed by atoms with van der Waals surface area (Å²) >= 11 is 0. The number of hydrogen-bond donors (Lipinski definition) is 1. The maximum Gasteiger partial charge on any atom is 0.310 e. The van der Waals surface area contributed by atoms with Gasteiger partial charge < -0.3 is 9.67 Å². The minimum atomic E-state index is -0.873. The smallest absolute Gasteiger partial charge is 0.310 e. The SMILES string of the molecule is CC(C)(Cn1ccc2cccc(C=O)c21)C(=O)O. The number of carboxylic acids is 1. The molecule has 94 valence electrons. The van der Waals surface area contributed by atoms with Crippen molar-refractivity contribution in [3.05, 3.63) is 36.0 Å². The average Bonchev–Trinajstić information content (AvgIpc) is 2.71. The molecule has 0 saturated carbocycles. The fraction of sp³-hybridized carbons (Fsp3) is 0.286. The van der Waals surface area contributed by atoms with Crippen LogP contribution >= 0.6 is 0 Å². The highest BCUT2D eigenvalue weighted by molar-refractivity contribution is 5.96. The Morgan fingerprint density at radius 3 is 2.72 bits per heavy atom. The van der Waals surface area contributed by atoms with Crippen LogP contribution in [0.1, 0.15) is 24.2 Å². The van der Waals surface area contributed by atoms with Gasteiger partial charge in [-0.2, -0.15) is 0 Å². The molecule has 18 heavy (non-hydrogen) atoms. The molecule has 0 saturated heterocycles. The van der Waals surface area contributed by atoms with Crippen LogP contribution in [0, 0.1) is 5.41 Å². The van der Waals surface area contributed by atoms with Gasteiger partial charge in [0.2, 0.25) is 0 Å². The number of carboxylic acid groups (broad SMARTS) is 1. The van der Waals surface area contributed by atoms with E-state index in [0.29, 0.717) is 12.1 Å². The summed E-state index contributed by atoms with van der Waals surface area (Å²) in [7, 11) is 0. The molecule has 0 fully saturated rings. The van der Waals surface area contributed by atoms with Crippen LogP contribution < -0.4 is 0 Å². The number of nitrogens with zero attached hydrogens (tertiary/aromatic N) is 1. The minimum absolute atomic E-state index is 0.330. The highest BCUT2D eigenvalue weighted by Crippen LogP contribution is 2.25. The van der Waals surface area contributed by atoms with Crippen molar-refractivity contribution >= 4 is 23.2 Å². The van der Waals surface area contributed by atoms with Gasteiger partial charge in [-0.3, -0.25) is 9.59 Å². The predicted octanol–water partition coefficient (Wildman–Crippen LogP) is 2.56. The molecule has 0 amide bonds. The van der Waals surface area contributed by atoms with E-state index in [9.17, 15) is 9.59 Å². The minimum Gasteiger partial charge on any atom is -0.481 e. The highest BCUT2D eigenvalue weighted by atomic mass is 16.4. The van der Waals surface area contributed by atoms with Crippen LogP contribution in [-0.4, -0.2) is 21.9 Å². The number of hydrogen-bond acceptors (Lipinski definition) is 2. The Bertz CT molecular complexity index is 611. The van der Waals surface area contributed by atoms with Crippen molar-refractivity contribution in [1.29, 1.82) is 0 Å². The molecule has 4 nitrogen and oxygen atoms in total. The zero-order valence-corrected chi connectivity index (χ0v) is 10.4. The fourth-order valence-corrected chi connectivity index (χ4v) is 2.01. The van der Waals surface area contributed by atoms with E-state index in [4.69, 9.17) is 5.11 Å². The maximum absolute atomic E-state index is 11.2. The second-order valence-electron chi connectivity index (χ2n) is 5.04. The van der Waals surface area contributed by atoms with Crippen LogP contribution in [0.3, 0.4) is 0 Å². The van der Waals surface area contributed by atoms with Gasteiger partial charge in [-0.05, 0) is 26.0 Å². The number of fused-ring (bicyclic) bond motifs is 1. The van der Waals surface area contributed by atoms with E-state index < -0.39 is 11.4 Å². The van der Waals surface area contributed by atoms with Crippen molar-refractivity contribution in [3.63, 3.8) is 0 Å². The second-order valence-corrected chi connectivity index (χ2v) is 5.04. The molecule has 1 N–H and O–H groups in total. The number of carbonyl (C=O) groups is 2. The van der Waals surface area contributed by atoms with Gasteiger partial charge in [-0.25, -0.2) is 0 Å². The number of aldehydes is 1. The van der Waals surface area contributed by atoms with Gasteiger partial charge >= 0.3 is 5.97 Å². The Kier molecular flexibility index (Phi) is 2.95. The Labute approximate surface area is 105 Å². The van der Waals surface area contributed by atoms with Crippen molar-refractivity contribution in [3.8, 4) is 0 Å². The summed E-state index contributed by atoms with van der Waals surface area (Å²) in [5.41, 5.74) is 0.502. The monoisotopic (exact) mass is 245 g/mol. The Morgan fingerprint density at radius 2 is 2.11 bits per heavy atom. The van der Waals surface area contributed by atoms with Crippen LogP contribution in [0.15, 0.2) is 30.5 Å². The van der Waals surface area contributed by atoms with Crippen LogP contribution in [0.2, 0.25) is 0 Å². The average molecular weight is 245 g/mol. The number of aliphatic carboxylic acids is 1. The van der Waals surface area contributed by atoms with E-state index >= 15 is 0 Å². The molecule has 0 radical (unpaired) electrons. The normalized spacial score (nSPS) is 11.7. The molecule has 0 atom stereocenters. The van der Waals surface area contributed by atoms with E-state index in [1.165, 1.54) is 0 Å². The Morgan fingerprint density at radius 1 is 1.39 bits per heavy atom. The predicted molar refractivity (Wildman–Crippen MR) is 68.7 cm³/mol. The molecular weight excluding hydrogens is 230 g/mol. The molecule has 0 bridgehead atoms. The van der Waals surface area contributed by atoms with Crippen LogP contribution in [0.4, 0.5) is 0 Å². The first kappa shape index (κ1) is 12.4. The molecule has 1 heterocycles. The lowest BCUT2D eigenvalue weighted by atomic mass is 9.93. The first-order valence-electron chi connectivity index (χ1n) is 5.72. The summed E-state index contributed by atoms with van der Waals surface area (Å²) in [5.74, 6) is -0.854. The van der Waals surface area contributed by atoms with E-state index in [2.05, 4.69) is 0 Å². The van der Waals surface area contributed by atoms with Crippen molar-refractivity contribution in [2.75, 3.05) is 0 Å². The third-order valence-corrected chi connectivity index (χ3v) is 3.09. The van der Waals surface area contributed by atoms with E-state index in [0.717, 1.165) is 17.2 Å². The molecule has 1 aromatic carbocycles. The number of benzene rings is 1. The summed E-state index contributed by atoms with van der Waals surface area (Å²) in [6.07, 6.45) is 2.62. The summed E-state index contributed by atoms with van der Waals surface area (Å²) in [4.78, 5) is 22.2. The van der Waals surface area contributed by atoms with Crippen molar-refractivity contribution in [2.24, 2.45) is 5.41 Å². The van der Waals surface area contributed by atoms with Crippen LogP contribution in [-0.2, 0) is 11.3 Å². The summed E-state index contributed by atoms with van der Waals surface area (Å²) in [6.45, 7) is 3.67. The zero-order chi connectivity index (χ0) is 13.3. The summed E-state index contributed by atoms with van der Waals surface area (Å²) < 4.78 is 1.83. The summed E-state index contributed by atoms with van der Waals surface area (Å²) in [6, 6.07) is 7.35. The highest BCUT2D eigenvalue weighted by Gasteiger charge is 2.28. The van der Waals surface area contributed by atoms with Gasteiger partial charge in [0.05, 0.1) is 10.9 Å². The molecule has 2 aromatic rings. The van der Waals surface area contributed by atoms with E-state index in [1.807, 2.05) is 29.0 Å². The summed E-state index contributed by atoms with van der Waals surface area (Å²) in [5, 5.41) is 10.1. The van der Waals surface area contributed by atoms with Crippen molar-refractivity contribution < 1.29 is 14.7 Å². The zero-order valence-electron chi connectivity index (χ0n) is 10.4. The second kappa shape index (κ2) is 4.29. The van der Waals surface area contributed by atoms with Gasteiger partial charge in [0.25, 0.3) is 0 Å².